The Morgan fingerprint density at radius 3 is 2.08 bits per heavy atom. The summed E-state index contributed by atoms with van der Waals surface area (Å²) in [4.78, 5) is 39.6. The highest BCUT2D eigenvalue weighted by Crippen LogP contribution is 2.37. The monoisotopic (exact) mass is 538 g/mol. The van der Waals surface area contributed by atoms with E-state index in [-0.39, 0.29) is 32.0 Å². The fourth-order valence-corrected chi connectivity index (χ4v) is 4.06. The van der Waals surface area contributed by atoms with Gasteiger partial charge in [-0.1, -0.05) is 18.2 Å². The first-order valence-corrected chi connectivity index (χ1v) is 14.1. The molecule has 3 N–H and O–H groups in total. The molecule has 192 valence electrons. The summed E-state index contributed by atoms with van der Waals surface area (Å²) in [6.45, 7) is 0.890. The maximum atomic E-state index is 11.4. The first kappa shape index (κ1) is 27.6. The third-order valence-electron chi connectivity index (χ3n) is 4.88. The molecule has 0 aliphatic rings. The van der Waals surface area contributed by atoms with E-state index in [0.717, 1.165) is 6.66 Å². The summed E-state index contributed by atoms with van der Waals surface area (Å²) < 4.78 is 31.7. The molecule has 1 atom stereocenters. The predicted octanol–water partition coefficient (Wildman–Crippen LogP) is 4.91. The van der Waals surface area contributed by atoms with Gasteiger partial charge in [0.1, 0.15) is 0 Å². The van der Waals surface area contributed by atoms with Crippen molar-refractivity contribution in [2.45, 2.75) is 0 Å². The summed E-state index contributed by atoms with van der Waals surface area (Å²) in [7, 11) is -8.33. The van der Waals surface area contributed by atoms with Crippen molar-refractivity contribution in [2.24, 2.45) is 10.2 Å². The number of phosphoric acid groups is 1. The van der Waals surface area contributed by atoms with Crippen molar-refractivity contribution < 1.29 is 37.8 Å². The van der Waals surface area contributed by atoms with Crippen LogP contribution in [0.15, 0.2) is 70.9 Å². The van der Waals surface area contributed by atoms with Gasteiger partial charge in [-0.05, 0) is 36.4 Å². The zero-order valence-corrected chi connectivity index (χ0v) is 20.9. The lowest BCUT2D eigenvalue weighted by molar-refractivity contribution is -0.383. The number of fused-ring (bicyclic) bond motifs is 1. The summed E-state index contributed by atoms with van der Waals surface area (Å²) in [5, 5.41) is 20.8. The lowest BCUT2D eigenvalue weighted by Crippen LogP contribution is -2.30. The molecular formula is C21H24N4O9P2. The van der Waals surface area contributed by atoms with Crippen molar-refractivity contribution in [3.63, 3.8) is 0 Å². The van der Waals surface area contributed by atoms with Gasteiger partial charge in [0.25, 0.3) is 5.69 Å². The fraction of sp³-hybridized carbons (Fsp3) is 0.238. The molecule has 0 aromatic heterocycles. The molecule has 0 fully saturated rings. The lowest BCUT2D eigenvalue weighted by atomic mass is 10.1. The molecular weight excluding hydrogens is 514 g/mol. The molecule has 3 aromatic rings. The highest BCUT2D eigenvalue weighted by atomic mass is 31.2. The van der Waals surface area contributed by atoms with Crippen LogP contribution in [-0.4, -0.2) is 52.6 Å². The minimum Gasteiger partial charge on any atom is -0.367 e. The van der Waals surface area contributed by atoms with E-state index in [1.54, 1.807) is 53.4 Å². The van der Waals surface area contributed by atoms with Crippen LogP contribution in [0.3, 0.4) is 0 Å². The van der Waals surface area contributed by atoms with Gasteiger partial charge in [-0.3, -0.25) is 19.2 Å². The van der Waals surface area contributed by atoms with Crippen molar-refractivity contribution in [3.05, 3.63) is 70.8 Å². The number of nitro benzene ring substituents is 1. The second kappa shape index (κ2) is 11.8. The Labute approximate surface area is 205 Å². The molecule has 0 spiro atoms. The number of hydrogen-bond donors (Lipinski definition) is 3. The summed E-state index contributed by atoms with van der Waals surface area (Å²) in [5.41, 5.74) is 1.54. The summed E-state index contributed by atoms with van der Waals surface area (Å²) >= 11 is 0. The molecule has 0 heterocycles. The summed E-state index contributed by atoms with van der Waals surface area (Å²) in [6, 6.07) is 16.4. The Morgan fingerprint density at radius 2 is 1.50 bits per heavy atom. The molecule has 1 unspecified atom stereocenters. The third-order valence-corrected chi connectivity index (χ3v) is 6.06. The molecule has 0 saturated carbocycles. The summed E-state index contributed by atoms with van der Waals surface area (Å²) in [6.07, 6.45) is 0. The molecule has 0 bridgehead atoms. The average Bonchev–Trinajstić information content (AvgIpc) is 2.80. The number of non-ortho nitro benzene ring substituents is 1. The molecule has 0 saturated heterocycles. The van der Waals surface area contributed by atoms with Gasteiger partial charge in [-0.15, -0.1) is 5.11 Å². The van der Waals surface area contributed by atoms with Gasteiger partial charge in [-0.2, -0.15) is 5.11 Å². The zero-order valence-electron chi connectivity index (χ0n) is 19.1. The maximum Gasteiger partial charge on any atom is 0.469 e. The van der Waals surface area contributed by atoms with Crippen molar-refractivity contribution in [3.8, 4) is 0 Å². The summed E-state index contributed by atoms with van der Waals surface area (Å²) in [5.74, 6) is 0. The minimum atomic E-state index is -4.65. The quantitative estimate of drug-likeness (QED) is 0.124. The number of anilines is 1. The van der Waals surface area contributed by atoms with Gasteiger partial charge in [-0.25, -0.2) is 4.57 Å². The van der Waals surface area contributed by atoms with Crippen molar-refractivity contribution in [1.29, 1.82) is 0 Å². The van der Waals surface area contributed by atoms with Crippen LogP contribution in [0.5, 0.6) is 0 Å². The lowest BCUT2D eigenvalue weighted by Gasteiger charge is -2.25. The highest BCUT2D eigenvalue weighted by Gasteiger charge is 2.17. The number of azo groups is 1. The predicted molar refractivity (Wildman–Crippen MR) is 133 cm³/mol. The van der Waals surface area contributed by atoms with E-state index < -0.39 is 20.3 Å². The Morgan fingerprint density at radius 1 is 0.889 bits per heavy atom. The number of hydrogen-bond acceptors (Lipinski definition) is 9. The Kier molecular flexibility index (Phi) is 9.04. The van der Waals surface area contributed by atoms with Crippen LogP contribution < -0.4 is 4.90 Å². The number of nitro groups is 1. The third kappa shape index (κ3) is 8.28. The van der Waals surface area contributed by atoms with Crippen LogP contribution in [0.2, 0.25) is 0 Å². The molecule has 0 amide bonds. The first-order chi connectivity index (χ1) is 16.9. The molecule has 0 aliphatic carbocycles. The zero-order chi connectivity index (χ0) is 26.3. The van der Waals surface area contributed by atoms with E-state index in [2.05, 4.69) is 14.8 Å². The Bertz CT molecular complexity index is 1310. The second-order valence-corrected chi connectivity index (χ2v) is 10.7. The Balaban J connectivity index is 1.77. The number of phosphoric ester groups is 1. The second-order valence-electron chi connectivity index (χ2n) is 7.57. The van der Waals surface area contributed by atoms with Gasteiger partial charge >= 0.3 is 15.4 Å². The first-order valence-electron chi connectivity index (χ1n) is 10.5. The topological polar surface area (TPSA) is 184 Å². The van der Waals surface area contributed by atoms with E-state index in [1.807, 2.05) is 0 Å². The van der Waals surface area contributed by atoms with Crippen LogP contribution in [0.1, 0.15) is 0 Å². The van der Waals surface area contributed by atoms with Crippen LogP contribution in [0.25, 0.3) is 10.8 Å². The van der Waals surface area contributed by atoms with Gasteiger partial charge in [0, 0.05) is 36.9 Å². The van der Waals surface area contributed by atoms with E-state index in [4.69, 9.17) is 14.3 Å². The number of rotatable bonds is 12. The number of nitrogens with zero attached hydrogens (tertiary/aromatic N) is 4. The minimum absolute atomic E-state index is 0.0265. The van der Waals surface area contributed by atoms with Gasteiger partial charge in [0.15, 0.2) is 0 Å². The van der Waals surface area contributed by atoms with E-state index in [0.29, 0.717) is 27.8 Å². The maximum absolute atomic E-state index is 11.4. The van der Waals surface area contributed by atoms with Crippen LogP contribution in [0.4, 0.5) is 22.7 Å². The van der Waals surface area contributed by atoms with Crippen LogP contribution in [-0.2, 0) is 18.2 Å². The largest absolute Gasteiger partial charge is 0.469 e. The van der Waals surface area contributed by atoms with Gasteiger partial charge in [0.05, 0.1) is 34.9 Å². The molecule has 0 aliphatic heterocycles. The average molecular weight is 538 g/mol. The van der Waals surface area contributed by atoms with E-state index in [9.17, 15) is 24.1 Å². The van der Waals surface area contributed by atoms with Crippen molar-refractivity contribution in [2.75, 3.05) is 37.9 Å². The molecule has 36 heavy (non-hydrogen) atoms. The van der Waals surface area contributed by atoms with Crippen molar-refractivity contribution in [1.82, 2.24) is 0 Å². The normalized spacial score (nSPS) is 13.7. The van der Waals surface area contributed by atoms with E-state index in [1.165, 1.54) is 12.1 Å². The fourth-order valence-electron chi connectivity index (χ4n) is 3.32. The molecule has 15 heteroatoms. The number of benzene rings is 3. The molecule has 13 nitrogen and oxygen atoms in total. The van der Waals surface area contributed by atoms with Crippen LogP contribution in [0, 0.1) is 10.1 Å². The Hall–Kier alpha value is -3.02. The molecule has 3 aromatic carbocycles. The van der Waals surface area contributed by atoms with Gasteiger partial charge in [0.2, 0.25) is 0 Å². The smallest absolute Gasteiger partial charge is 0.367 e. The molecule has 3 rings (SSSR count). The van der Waals surface area contributed by atoms with E-state index >= 15 is 0 Å². The standard InChI is InChI=1S/C21H24N4O9P2/c1-35(28,29)33-14-12-24(13-15-34-36(30,31)32)17-8-6-16(7-9-17)22-23-20-10-11-21(25(26)27)19-5-3-2-4-18(19)20/h2-11H,12-15H2,1H3,(H,28,29)(H2,30,31,32)/b23-22+. The van der Waals surface area contributed by atoms with Crippen molar-refractivity contribution >= 4 is 48.9 Å². The van der Waals surface area contributed by atoms with Crippen LogP contribution >= 0.6 is 15.4 Å². The molecule has 0 radical (unpaired) electrons. The van der Waals surface area contributed by atoms with Gasteiger partial charge < -0.3 is 24.1 Å². The SMILES string of the molecule is CP(=O)(O)OCCN(CCOP(=O)(O)O)c1ccc(/N=N/c2ccc([N+](=O)[O-])c3ccccc23)cc1. The highest BCUT2D eigenvalue weighted by molar-refractivity contribution is 7.51.